The second kappa shape index (κ2) is 7.81. The number of furan rings is 1. The van der Waals surface area contributed by atoms with Crippen molar-refractivity contribution >= 4 is 23.0 Å². The molecule has 2 heterocycles. The molecule has 0 aliphatic heterocycles. The quantitative estimate of drug-likeness (QED) is 0.658. The van der Waals surface area contributed by atoms with Gasteiger partial charge in [0.2, 0.25) is 5.78 Å². The highest BCUT2D eigenvalue weighted by Crippen LogP contribution is 2.20. The summed E-state index contributed by atoms with van der Waals surface area (Å²) in [7, 11) is 0. The number of ketones is 1. The number of aryl methyl sites for hydroxylation is 1. The molecule has 5 nitrogen and oxygen atoms in total. The van der Waals surface area contributed by atoms with Gasteiger partial charge in [-0.1, -0.05) is 17.7 Å². The molecule has 0 spiro atoms. The SMILES string of the molecule is Cc1ccc(OCC(=O)NCc2ccc(C(=O)c3ccco3)s2)cc1. The summed E-state index contributed by atoms with van der Waals surface area (Å²) in [6.07, 6.45) is 1.47. The number of hydrogen-bond acceptors (Lipinski definition) is 5. The molecule has 0 unspecified atom stereocenters. The summed E-state index contributed by atoms with van der Waals surface area (Å²) in [5.74, 6) is 0.593. The Morgan fingerprint density at radius 1 is 1.12 bits per heavy atom. The monoisotopic (exact) mass is 355 g/mol. The van der Waals surface area contributed by atoms with Crippen LogP contribution < -0.4 is 10.1 Å². The Kier molecular flexibility index (Phi) is 5.30. The van der Waals surface area contributed by atoms with Crippen molar-refractivity contribution in [3.63, 3.8) is 0 Å². The minimum atomic E-state index is -0.215. The third-order valence-electron chi connectivity index (χ3n) is 3.48. The number of carbonyl (C=O) groups excluding carboxylic acids is 2. The Hall–Kier alpha value is -2.86. The minimum Gasteiger partial charge on any atom is -0.484 e. The van der Waals surface area contributed by atoms with E-state index in [4.69, 9.17) is 9.15 Å². The second-order valence-corrected chi connectivity index (χ2v) is 6.62. The lowest BCUT2D eigenvalue weighted by molar-refractivity contribution is -0.123. The Bertz CT molecular complexity index is 850. The van der Waals surface area contributed by atoms with E-state index in [0.717, 1.165) is 10.4 Å². The number of benzene rings is 1. The zero-order valence-electron chi connectivity index (χ0n) is 13.7. The number of carbonyl (C=O) groups is 2. The fourth-order valence-electron chi connectivity index (χ4n) is 2.14. The highest BCUT2D eigenvalue weighted by atomic mass is 32.1. The van der Waals surface area contributed by atoms with Gasteiger partial charge < -0.3 is 14.5 Å². The number of hydrogen-bond donors (Lipinski definition) is 1. The van der Waals surface area contributed by atoms with Crippen molar-refractivity contribution in [1.82, 2.24) is 5.32 Å². The van der Waals surface area contributed by atoms with Crippen molar-refractivity contribution in [2.45, 2.75) is 13.5 Å². The lowest BCUT2D eigenvalue weighted by atomic mass is 10.2. The summed E-state index contributed by atoms with van der Waals surface area (Å²) < 4.78 is 10.5. The first-order valence-electron chi connectivity index (χ1n) is 7.75. The molecule has 2 aromatic heterocycles. The van der Waals surface area contributed by atoms with Crippen LogP contribution >= 0.6 is 11.3 Å². The van der Waals surface area contributed by atoms with Gasteiger partial charge >= 0.3 is 0 Å². The van der Waals surface area contributed by atoms with Crippen LogP contribution in [0.4, 0.5) is 0 Å². The van der Waals surface area contributed by atoms with Gasteiger partial charge in [0.25, 0.3) is 5.91 Å². The van der Waals surface area contributed by atoms with Gasteiger partial charge in [-0.2, -0.15) is 0 Å². The van der Waals surface area contributed by atoms with E-state index in [1.165, 1.54) is 17.6 Å². The van der Waals surface area contributed by atoms with Crippen LogP contribution in [-0.2, 0) is 11.3 Å². The molecule has 128 valence electrons. The van der Waals surface area contributed by atoms with E-state index in [2.05, 4.69) is 5.32 Å². The molecule has 0 aliphatic rings. The summed E-state index contributed by atoms with van der Waals surface area (Å²) in [5.41, 5.74) is 1.13. The summed E-state index contributed by atoms with van der Waals surface area (Å²) in [6.45, 7) is 2.29. The highest BCUT2D eigenvalue weighted by Gasteiger charge is 2.14. The molecule has 25 heavy (non-hydrogen) atoms. The predicted molar refractivity (Wildman–Crippen MR) is 95.0 cm³/mol. The summed E-state index contributed by atoms with van der Waals surface area (Å²) >= 11 is 1.33. The van der Waals surface area contributed by atoms with Crippen LogP contribution in [0.2, 0.25) is 0 Å². The molecular weight excluding hydrogens is 338 g/mol. The molecule has 3 aromatic rings. The maximum absolute atomic E-state index is 12.2. The number of nitrogens with one attached hydrogen (secondary N) is 1. The van der Waals surface area contributed by atoms with E-state index < -0.39 is 0 Å². The van der Waals surface area contributed by atoms with Gasteiger partial charge in [0, 0.05) is 4.88 Å². The van der Waals surface area contributed by atoms with E-state index in [0.29, 0.717) is 22.9 Å². The molecule has 0 aliphatic carbocycles. The molecular formula is C19H17NO4S. The number of ether oxygens (including phenoxy) is 1. The third kappa shape index (κ3) is 4.58. The second-order valence-electron chi connectivity index (χ2n) is 5.45. The van der Waals surface area contributed by atoms with Crippen molar-refractivity contribution in [3.05, 3.63) is 75.9 Å². The Morgan fingerprint density at radius 3 is 2.64 bits per heavy atom. The summed E-state index contributed by atoms with van der Waals surface area (Å²) in [6, 6.07) is 14.4. The van der Waals surface area contributed by atoms with Gasteiger partial charge in [-0.25, -0.2) is 0 Å². The average Bonchev–Trinajstić information content (AvgIpc) is 3.30. The van der Waals surface area contributed by atoms with Gasteiger partial charge in [0.05, 0.1) is 17.7 Å². The lowest BCUT2D eigenvalue weighted by Crippen LogP contribution is -2.28. The van der Waals surface area contributed by atoms with E-state index in [1.54, 1.807) is 18.2 Å². The zero-order chi connectivity index (χ0) is 17.6. The van der Waals surface area contributed by atoms with Crippen LogP contribution in [0.15, 0.2) is 59.2 Å². The van der Waals surface area contributed by atoms with Crippen molar-refractivity contribution in [2.75, 3.05) is 6.61 Å². The van der Waals surface area contributed by atoms with Gasteiger partial charge in [-0.15, -0.1) is 11.3 Å². The number of rotatable bonds is 7. The van der Waals surface area contributed by atoms with Crippen molar-refractivity contribution < 1.29 is 18.7 Å². The zero-order valence-corrected chi connectivity index (χ0v) is 14.5. The van der Waals surface area contributed by atoms with Gasteiger partial charge in [0.15, 0.2) is 12.4 Å². The largest absolute Gasteiger partial charge is 0.484 e. The minimum absolute atomic E-state index is 0.0490. The van der Waals surface area contributed by atoms with Crippen LogP contribution in [0, 0.1) is 6.92 Å². The first kappa shape index (κ1) is 17.0. The molecule has 1 N–H and O–H groups in total. The smallest absolute Gasteiger partial charge is 0.258 e. The standard InChI is InChI=1S/C19H17NO4S/c1-13-4-6-14(7-5-13)24-12-18(21)20-11-15-8-9-17(25-15)19(22)16-3-2-10-23-16/h2-10H,11-12H2,1H3,(H,20,21). The first-order valence-corrected chi connectivity index (χ1v) is 8.56. The van der Waals surface area contributed by atoms with E-state index in [-0.39, 0.29) is 18.3 Å². The highest BCUT2D eigenvalue weighted by molar-refractivity contribution is 7.14. The molecule has 0 fully saturated rings. The molecule has 0 radical (unpaired) electrons. The van der Waals surface area contributed by atoms with Crippen LogP contribution in [0.25, 0.3) is 0 Å². The van der Waals surface area contributed by atoms with Gasteiger partial charge in [0.1, 0.15) is 5.75 Å². The van der Waals surface area contributed by atoms with E-state index in [1.807, 2.05) is 37.3 Å². The Morgan fingerprint density at radius 2 is 1.92 bits per heavy atom. The molecule has 6 heteroatoms. The summed E-state index contributed by atoms with van der Waals surface area (Å²) in [5, 5.41) is 2.78. The first-order chi connectivity index (χ1) is 12.1. The topological polar surface area (TPSA) is 68.5 Å². The normalized spacial score (nSPS) is 10.4. The molecule has 3 rings (SSSR count). The van der Waals surface area contributed by atoms with E-state index >= 15 is 0 Å². The Labute approximate surface area is 149 Å². The third-order valence-corrected chi connectivity index (χ3v) is 4.57. The fourth-order valence-corrected chi connectivity index (χ4v) is 3.04. The van der Waals surface area contributed by atoms with Crippen molar-refractivity contribution in [3.8, 4) is 5.75 Å². The van der Waals surface area contributed by atoms with Crippen LogP contribution in [0.3, 0.4) is 0 Å². The summed E-state index contributed by atoms with van der Waals surface area (Å²) in [4.78, 5) is 25.5. The average molecular weight is 355 g/mol. The predicted octanol–water partition coefficient (Wildman–Crippen LogP) is 3.58. The molecule has 0 atom stereocenters. The number of thiophene rings is 1. The molecule has 0 saturated heterocycles. The Balaban J connectivity index is 1.47. The maximum Gasteiger partial charge on any atom is 0.258 e. The van der Waals surface area contributed by atoms with Crippen LogP contribution in [-0.4, -0.2) is 18.3 Å². The van der Waals surface area contributed by atoms with Crippen LogP contribution in [0.5, 0.6) is 5.75 Å². The van der Waals surface area contributed by atoms with Gasteiger partial charge in [-0.05, 0) is 43.3 Å². The van der Waals surface area contributed by atoms with E-state index in [9.17, 15) is 9.59 Å². The van der Waals surface area contributed by atoms with Gasteiger partial charge in [-0.3, -0.25) is 9.59 Å². The lowest BCUT2D eigenvalue weighted by Gasteiger charge is -2.07. The molecule has 0 saturated carbocycles. The fraction of sp³-hybridized carbons (Fsp3) is 0.158. The van der Waals surface area contributed by atoms with Crippen LogP contribution in [0.1, 0.15) is 25.9 Å². The molecule has 1 aromatic carbocycles. The van der Waals surface area contributed by atoms with Crippen molar-refractivity contribution in [2.24, 2.45) is 0 Å². The number of amides is 1. The maximum atomic E-state index is 12.2. The van der Waals surface area contributed by atoms with Crippen molar-refractivity contribution in [1.29, 1.82) is 0 Å². The molecule has 1 amide bonds. The molecule has 0 bridgehead atoms.